The van der Waals surface area contributed by atoms with E-state index in [1.807, 2.05) is 0 Å². The van der Waals surface area contributed by atoms with Crippen LogP contribution >= 0.6 is 0 Å². The Morgan fingerprint density at radius 2 is 1.73 bits per heavy atom. The summed E-state index contributed by atoms with van der Waals surface area (Å²) in [6.07, 6.45) is 0.158. The van der Waals surface area contributed by atoms with Crippen LogP contribution in [-0.2, 0) is 9.53 Å². The van der Waals surface area contributed by atoms with Crippen molar-refractivity contribution in [2.75, 3.05) is 19.6 Å². The van der Waals surface area contributed by atoms with Gasteiger partial charge in [-0.1, -0.05) is 0 Å². The Morgan fingerprint density at radius 3 is 2.27 bits per heavy atom. The lowest BCUT2D eigenvalue weighted by molar-refractivity contribution is -0.141. The average Bonchev–Trinajstić information content (AvgIpc) is 2.85. The summed E-state index contributed by atoms with van der Waals surface area (Å²) in [5.74, 6) is -2.92. The molecule has 22 heavy (non-hydrogen) atoms. The first-order chi connectivity index (χ1) is 10.1. The third-order valence-electron chi connectivity index (χ3n) is 3.97. The van der Waals surface area contributed by atoms with E-state index in [-0.39, 0.29) is 31.8 Å². The van der Waals surface area contributed by atoms with E-state index in [1.165, 1.54) is 9.80 Å². The Labute approximate surface area is 129 Å². The second kappa shape index (κ2) is 6.01. The Kier molecular flexibility index (Phi) is 4.63. The molecular formula is C15H24F2N2O3. The Balaban J connectivity index is 1.98. The van der Waals surface area contributed by atoms with Gasteiger partial charge in [0.1, 0.15) is 11.6 Å². The fourth-order valence-corrected chi connectivity index (χ4v) is 2.83. The molecule has 1 atom stereocenters. The highest BCUT2D eigenvalue weighted by atomic mass is 19.3. The molecule has 0 radical (unpaired) electrons. The number of hydrogen-bond donors (Lipinski definition) is 0. The number of alkyl halides is 2. The van der Waals surface area contributed by atoms with Crippen LogP contribution in [-0.4, -0.2) is 59.0 Å². The van der Waals surface area contributed by atoms with Gasteiger partial charge >= 0.3 is 6.09 Å². The quantitative estimate of drug-likeness (QED) is 0.747. The standard InChI is InChI=1S/C15H24F2N2O3/c1-14(2,3)22-13(21)19-8-4-5-11(19)12(20)18-9-6-15(16,17)7-10-18/h11H,4-10H2,1-3H3/t11-/m0/s1. The summed E-state index contributed by atoms with van der Waals surface area (Å²) < 4.78 is 31.7. The molecule has 2 rings (SSSR count). The van der Waals surface area contributed by atoms with E-state index in [0.717, 1.165) is 6.42 Å². The van der Waals surface area contributed by atoms with Crippen molar-refractivity contribution in [3.8, 4) is 0 Å². The lowest BCUT2D eigenvalue weighted by atomic mass is 10.1. The van der Waals surface area contributed by atoms with Crippen LogP contribution in [0.25, 0.3) is 0 Å². The van der Waals surface area contributed by atoms with E-state index in [1.54, 1.807) is 20.8 Å². The van der Waals surface area contributed by atoms with E-state index < -0.39 is 23.7 Å². The third kappa shape index (κ3) is 4.08. The molecule has 0 aliphatic carbocycles. The molecule has 0 N–H and O–H groups in total. The monoisotopic (exact) mass is 318 g/mol. The molecule has 0 aromatic rings. The predicted molar refractivity (Wildman–Crippen MR) is 76.7 cm³/mol. The summed E-state index contributed by atoms with van der Waals surface area (Å²) in [5.41, 5.74) is -0.625. The molecule has 0 bridgehead atoms. The van der Waals surface area contributed by atoms with Crippen LogP contribution < -0.4 is 0 Å². The number of halogens is 2. The molecule has 2 fully saturated rings. The number of carbonyl (C=O) groups excluding carboxylic acids is 2. The van der Waals surface area contributed by atoms with Gasteiger partial charge in [-0.3, -0.25) is 9.69 Å². The van der Waals surface area contributed by atoms with Gasteiger partial charge in [-0.25, -0.2) is 13.6 Å². The van der Waals surface area contributed by atoms with Crippen LogP contribution in [0, 0.1) is 0 Å². The summed E-state index contributed by atoms with van der Waals surface area (Å²) in [4.78, 5) is 27.6. The molecule has 5 nitrogen and oxygen atoms in total. The van der Waals surface area contributed by atoms with Crippen LogP contribution in [0.1, 0.15) is 46.5 Å². The van der Waals surface area contributed by atoms with Gasteiger partial charge in [-0.05, 0) is 33.6 Å². The van der Waals surface area contributed by atoms with Gasteiger partial charge < -0.3 is 9.64 Å². The number of hydrogen-bond acceptors (Lipinski definition) is 3. The minimum absolute atomic E-state index is 0.0461. The fourth-order valence-electron chi connectivity index (χ4n) is 2.83. The number of carbonyl (C=O) groups is 2. The highest BCUT2D eigenvalue weighted by Gasteiger charge is 2.42. The molecule has 2 aliphatic heterocycles. The van der Waals surface area contributed by atoms with Gasteiger partial charge in [-0.2, -0.15) is 0 Å². The Morgan fingerprint density at radius 1 is 1.14 bits per heavy atom. The number of piperidine rings is 1. The van der Waals surface area contributed by atoms with E-state index in [2.05, 4.69) is 0 Å². The summed E-state index contributed by atoms with van der Waals surface area (Å²) in [7, 11) is 0. The van der Waals surface area contributed by atoms with Crippen molar-refractivity contribution in [3.63, 3.8) is 0 Å². The molecule has 126 valence electrons. The third-order valence-corrected chi connectivity index (χ3v) is 3.97. The lowest BCUT2D eigenvalue weighted by Crippen LogP contribution is -2.52. The second-order valence-corrected chi connectivity index (χ2v) is 7.01. The van der Waals surface area contributed by atoms with Crippen LogP contribution in [0.15, 0.2) is 0 Å². The molecule has 0 spiro atoms. The van der Waals surface area contributed by atoms with Gasteiger partial charge in [0.05, 0.1) is 0 Å². The van der Waals surface area contributed by atoms with Crippen molar-refractivity contribution in [2.45, 2.75) is 64.0 Å². The first kappa shape index (κ1) is 17.0. The number of amides is 2. The normalized spacial score (nSPS) is 25.2. The largest absolute Gasteiger partial charge is 0.444 e. The maximum absolute atomic E-state index is 13.2. The number of likely N-dealkylation sites (tertiary alicyclic amines) is 2. The number of nitrogens with zero attached hydrogens (tertiary/aromatic N) is 2. The summed E-state index contributed by atoms with van der Waals surface area (Å²) >= 11 is 0. The maximum Gasteiger partial charge on any atom is 0.410 e. The van der Waals surface area contributed by atoms with Crippen LogP contribution in [0.3, 0.4) is 0 Å². The fraction of sp³-hybridized carbons (Fsp3) is 0.867. The zero-order valence-electron chi connectivity index (χ0n) is 13.4. The first-order valence-electron chi connectivity index (χ1n) is 7.75. The van der Waals surface area contributed by atoms with Crippen molar-refractivity contribution in [2.24, 2.45) is 0 Å². The molecule has 0 saturated carbocycles. The molecule has 2 amide bonds. The second-order valence-electron chi connectivity index (χ2n) is 7.01. The number of ether oxygens (including phenoxy) is 1. The van der Waals surface area contributed by atoms with Gasteiger partial charge in [0.2, 0.25) is 5.91 Å². The Hall–Kier alpha value is -1.40. The minimum atomic E-state index is -2.68. The lowest BCUT2D eigenvalue weighted by Gasteiger charge is -2.35. The summed E-state index contributed by atoms with van der Waals surface area (Å²) in [6.45, 7) is 5.86. The van der Waals surface area contributed by atoms with Crippen molar-refractivity contribution < 1.29 is 23.1 Å². The highest BCUT2D eigenvalue weighted by molar-refractivity contribution is 5.86. The Bertz CT molecular complexity index is 439. The molecule has 0 aromatic carbocycles. The zero-order valence-corrected chi connectivity index (χ0v) is 13.4. The van der Waals surface area contributed by atoms with Crippen molar-refractivity contribution in [3.05, 3.63) is 0 Å². The van der Waals surface area contributed by atoms with Gasteiger partial charge in [0, 0.05) is 32.5 Å². The summed E-state index contributed by atoms with van der Waals surface area (Å²) in [6, 6.07) is -0.582. The smallest absolute Gasteiger partial charge is 0.410 e. The topological polar surface area (TPSA) is 49.9 Å². The SMILES string of the molecule is CC(C)(C)OC(=O)N1CCC[C@H]1C(=O)N1CCC(F)(F)CC1. The average molecular weight is 318 g/mol. The van der Waals surface area contributed by atoms with Crippen LogP contribution in [0.2, 0.25) is 0 Å². The van der Waals surface area contributed by atoms with E-state index in [4.69, 9.17) is 4.74 Å². The minimum Gasteiger partial charge on any atom is -0.444 e. The van der Waals surface area contributed by atoms with Crippen molar-refractivity contribution >= 4 is 12.0 Å². The molecule has 2 saturated heterocycles. The van der Waals surface area contributed by atoms with E-state index in [9.17, 15) is 18.4 Å². The van der Waals surface area contributed by atoms with Crippen LogP contribution in [0.5, 0.6) is 0 Å². The zero-order chi connectivity index (χ0) is 16.5. The van der Waals surface area contributed by atoms with E-state index in [0.29, 0.717) is 13.0 Å². The van der Waals surface area contributed by atoms with Crippen molar-refractivity contribution in [1.82, 2.24) is 9.80 Å². The van der Waals surface area contributed by atoms with Gasteiger partial charge in [0.15, 0.2) is 0 Å². The summed E-state index contributed by atoms with van der Waals surface area (Å²) in [5, 5.41) is 0. The predicted octanol–water partition coefficient (Wildman–Crippen LogP) is 2.64. The maximum atomic E-state index is 13.2. The van der Waals surface area contributed by atoms with E-state index >= 15 is 0 Å². The number of rotatable bonds is 1. The molecule has 2 heterocycles. The molecule has 7 heteroatoms. The molecular weight excluding hydrogens is 294 g/mol. The van der Waals surface area contributed by atoms with Crippen molar-refractivity contribution in [1.29, 1.82) is 0 Å². The molecule has 0 aromatic heterocycles. The first-order valence-corrected chi connectivity index (χ1v) is 7.75. The van der Waals surface area contributed by atoms with Crippen LogP contribution in [0.4, 0.5) is 13.6 Å². The van der Waals surface area contributed by atoms with Gasteiger partial charge in [-0.15, -0.1) is 0 Å². The van der Waals surface area contributed by atoms with Gasteiger partial charge in [0.25, 0.3) is 5.92 Å². The molecule has 2 aliphatic rings. The molecule has 0 unspecified atom stereocenters. The highest BCUT2D eigenvalue weighted by Crippen LogP contribution is 2.29.